The maximum absolute atomic E-state index is 14.5. The Morgan fingerprint density at radius 1 is 1.08 bits per heavy atom. The fourth-order valence-corrected chi connectivity index (χ4v) is 5.76. The Hall–Kier alpha value is -2.73. The number of nitrogens with one attached hydrogen (secondary N) is 1. The van der Waals surface area contributed by atoms with Crippen molar-refractivity contribution in [2.24, 2.45) is 17.8 Å². The molecule has 5 unspecified atom stereocenters. The molecule has 1 aliphatic heterocycles. The zero-order valence-electron chi connectivity index (χ0n) is 22.7. The van der Waals surface area contributed by atoms with E-state index in [1.54, 1.807) is 17.3 Å². The molecular weight excluding hydrogens is 450 g/mol. The van der Waals surface area contributed by atoms with Gasteiger partial charge in [-0.25, -0.2) is 0 Å². The number of fused-ring (bicyclic) bond motifs is 1. The van der Waals surface area contributed by atoms with E-state index in [9.17, 15) is 9.59 Å². The van der Waals surface area contributed by atoms with Crippen LogP contribution in [0.4, 0.5) is 5.69 Å². The van der Waals surface area contributed by atoms with Crippen LogP contribution in [0.2, 0.25) is 0 Å². The van der Waals surface area contributed by atoms with E-state index in [1.165, 1.54) is 5.56 Å². The lowest BCUT2D eigenvalue weighted by molar-refractivity contribution is -0.130. The first kappa shape index (κ1) is 26.3. The van der Waals surface area contributed by atoms with Crippen molar-refractivity contribution in [3.63, 3.8) is 0 Å². The second-order valence-corrected chi connectivity index (χ2v) is 12.5. The van der Waals surface area contributed by atoms with Crippen LogP contribution in [-0.2, 0) is 19.7 Å². The number of hydrogen-bond acceptors (Lipinski definition) is 4. The minimum Gasteiger partial charge on any atom is -0.378 e. The Kier molecular flexibility index (Phi) is 7.29. The van der Waals surface area contributed by atoms with Crippen molar-refractivity contribution in [2.45, 2.75) is 84.4 Å². The molecule has 2 heterocycles. The monoisotopic (exact) mass is 491 g/mol. The first-order chi connectivity index (χ1) is 16.9. The van der Waals surface area contributed by atoms with E-state index in [0.29, 0.717) is 12.2 Å². The third kappa shape index (κ3) is 5.49. The molecule has 2 aliphatic rings. The summed E-state index contributed by atoms with van der Waals surface area (Å²) in [7, 11) is 0. The quantitative estimate of drug-likeness (QED) is 0.605. The smallest absolute Gasteiger partial charge is 0.248 e. The van der Waals surface area contributed by atoms with E-state index in [0.717, 1.165) is 18.5 Å². The van der Waals surface area contributed by atoms with Crippen molar-refractivity contribution in [1.82, 2.24) is 10.3 Å². The molecule has 1 saturated carbocycles. The van der Waals surface area contributed by atoms with Gasteiger partial charge in [-0.1, -0.05) is 45.9 Å². The highest BCUT2D eigenvalue weighted by molar-refractivity contribution is 6.02. The molecule has 0 spiro atoms. The molecule has 5 atom stereocenters. The lowest BCUT2D eigenvalue weighted by Crippen LogP contribution is -2.51. The molecule has 1 saturated heterocycles. The van der Waals surface area contributed by atoms with E-state index in [2.05, 4.69) is 50.1 Å². The second kappa shape index (κ2) is 9.97. The summed E-state index contributed by atoms with van der Waals surface area (Å²) >= 11 is 0. The van der Waals surface area contributed by atoms with E-state index >= 15 is 0 Å². The highest BCUT2D eigenvalue weighted by Gasteiger charge is 2.51. The number of pyridine rings is 1. The van der Waals surface area contributed by atoms with E-state index in [4.69, 9.17) is 4.74 Å². The van der Waals surface area contributed by atoms with Gasteiger partial charge >= 0.3 is 0 Å². The number of ether oxygens (including phenoxy) is 1. The zero-order valence-corrected chi connectivity index (χ0v) is 22.7. The Morgan fingerprint density at radius 3 is 2.36 bits per heavy atom. The fourth-order valence-electron chi connectivity index (χ4n) is 5.76. The molecular formula is C30H41N3O3. The summed E-state index contributed by atoms with van der Waals surface area (Å²) < 4.78 is 5.96. The fraction of sp³-hybridized carbons (Fsp3) is 0.567. The number of aromatic nitrogens is 1. The van der Waals surface area contributed by atoms with Gasteiger partial charge in [-0.05, 0) is 74.6 Å². The summed E-state index contributed by atoms with van der Waals surface area (Å²) in [5, 5.41) is 3.12. The van der Waals surface area contributed by atoms with Crippen LogP contribution in [0.25, 0.3) is 0 Å². The molecule has 2 aromatic rings. The average molecular weight is 492 g/mol. The number of benzene rings is 1. The number of nitrogens with zero attached hydrogens (tertiary/aromatic N) is 2. The Labute approximate surface area is 215 Å². The zero-order chi connectivity index (χ0) is 26.3. The Balaban J connectivity index is 1.83. The predicted molar refractivity (Wildman–Crippen MR) is 143 cm³/mol. The van der Waals surface area contributed by atoms with Crippen LogP contribution in [0.1, 0.15) is 78.5 Å². The van der Waals surface area contributed by atoms with Crippen LogP contribution in [-0.4, -0.2) is 35.0 Å². The molecule has 36 heavy (non-hydrogen) atoms. The summed E-state index contributed by atoms with van der Waals surface area (Å²) in [6.07, 6.45) is 5.26. The summed E-state index contributed by atoms with van der Waals surface area (Å²) in [5.74, 6) is -0.0506. The van der Waals surface area contributed by atoms with Crippen LogP contribution in [0.15, 0.2) is 48.8 Å². The largest absolute Gasteiger partial charge is 0.378 e. The van der Waals surface area contributed by atoms with Gasteiger partial charge in [0.05, 0.1) is 6.10 Å². The van der Waals surface area contributed by atoms with Crippen molar-refractivity contribution in [1.29, 1.82) is 0 Å². The molecule has 2 fully saturated rings. The standard InChI is InChI=1S/C30H41N3O3/c1-19-17-24-23(14-16-36-24)25(19)28(35)33(22-12-10-21(11-13-22)29(2,3)4)26(20-9-8-15-31-18-20)27(34)32-30(5,6)7/h8-13,15,18-19,23-26H,14,16-17H2,1-7H3,(H,32,34). The molecule has 4 rings (SSSR count). The van der Waals surface area contributed by atoms with Gasteiger partial charge in [0.15, 0.2) is 0 Å². The summed E-state index contributed by atoms with van der Waals surface area (Å²) in [6.45, 7) is 15.2. The number of carbonyl (C=O) groups is 2. The first-order valence-corrected chi connectivity index (χ1v) is 13.1. The average Bonchev–Trinajstić information content (AvgIpc) is 3.35. The minimum atomic E-state index is -0.834. The molecule has 194 valence electrons. The lowest BCUT2D eigenvalue weighted by atomic mass is 9.85. The predicted octanol–water partition coefficient (Wildman–Crippen LogP) is 5.43. The molecule has 0 bridgehead atoms. The topological polar surface area (TPSA) is 71.5 Å². The van der Waals surface area contributed by atoms with E-state index in [1.807, 2.05) is 45.0 Å². The van der Waals surface area contributed by atoms with E-state index < -0.39 is 11.6 Å². The lowest BCUT2D eigenvalue weighted by Gasteiger charge is -2.37. The molecule has 2 amide bonds. The van der Waals surface area contributed by atoms with Crippen molar-refractivity contribution in [3.05, 3.63) is 59.9 Å². The van der Waals surface area contributed by atoms with Crippen LogP contribution in [0, 0.1) is 17.8 Å². The van der Waals surface area contributed by atoms with Crippen molar-refractivity contribution in [3.8, 4) is 0 Å². The van der Waals surface area contributed by atoms with Gasteiger partial charge in [0.2, 0.25) is 11.8 Å². The van der Waals surface area contributed by atoms with Gasteiger partial charge in [0.1, 0.15) is 6.04 Å². The molecule has 0 radical (unpaired) electrons. The van der Waals surface area contributed by atoms with Crippen LogP contribution >= 0.6 is 0 Å². The van der Waals surface area contributed by atoms with Crippen LogP contribution < -0.4 is 10.2 Å². The van der Waals surface area contributed by atoms with Crippen molar-refractivity contribution < 1.29 is 14.3 Å². The number of carbonyl (C=O) groups excluding carboxylic acids is 2. The number of hydrogen-bond donors (Lipinski definition) is 1. The molecule has 6 nitrogen and oxygen atoms in total. The highest BCUT2D eigenvalue weighted by Crippen LogP contribution is 2.46. The van der Waals surface area contributed by atoms with Crippen molar-refractivity contribution >= 4 is 17.5 Å². The highest BCUT2D eigenvalue weighted by atomic mass is 16.5. The third-order valence-electron chi connectivity index (χ3n) is 7.48. The molecule has 1 aliphatic carbocycles. The Morgan fingerprint density at radius 2 is 1.78 bits per heavy atom. The Bertz CT molecular complexity index is 1070. The number of amides is 2. The van der Waals surface area contributed by atoms with Gasteiger partial charge in [0.25, 0.3) is 0 Å². The SMILES string of the molecule is CC1CC2OCCC2C1C(=O)N(c1ccc(C(C)(C)C)cc1)C(C(=O)NC(C)(C)C)c1cccnc1. The van der Waals surface area contributed by atoms with Crippen LogP contribution in [0.3, 0.4) is 0 Å². The van der Waals surface area contributed by atoms with Gasteiger partial charge in [0, 0.05) is 41.7 Å². The summed E-state index contributed by atoms with van der Waals surface area (Å²) in [5.41, 5.74) is 2.12. The van der Waals surface area contributed by atoms with E-state index in [-0.39, 0.29) is 41.1 Å². The number of rotatable bonds is 5. The number of anilines is 1. The third-order valence-corrected chi connectivity index (χ3v) is 7.48. The molecule has 1 N–H and O–H groups in total. The van der Waals surface area contributed by atoms with Gasteiger partial charge < -0.3 is 10.1 Å². The summed E-state index contributed by atoms with van der Waals surface area (Å²) in [4.78, 5) is 34.4. The summed E-state index contributed by atoms with van der Waals surface area (Å²) in [6, 6.07) is 11.0. The first-order valence-electron chi connectivity index (χ1n) is 13.1. The van der Waals surface area contributed by atoms with Crippen molar-refractivity contribution in [2.75, 3.05) is 11.5 Å². The maximum atomic E-state index is 14.5. The van der Waals surface area contributed by atoms with Gasteiger partial charge in [-0.2, -0.15) is 0 Å². The normalized spacial score (nSPS) is 24.8. The van der Waals surface area contributed by atoms with Gasteiger partial charge in [-0.15, -0.1) is 0 Å². The minimum absolute atomic E-state index is 0.0121. The van der Waals surface area contributed by atoms with Gasteiger partial charge in [-0.3, -0.25) is 19.5 Å². The second-order valence-electron chi connectivity index (χ2n) is 12.5. The van der Waals surface area contributed by atoms with Crippen LogP contribution in [0.5, 0.6) is 0 Å². The molecule has 6 heteroatoms. The molecule has 1 aromatic carbocycles. The molecule has 1 aromatic heterocycles. The maximum Gasteiger partial charge on any atom is 0.248 e.